The van der Waals surface area contributed by atoms with E-state index in [2.05, 4.69) is 0 Å². The van der Waals surface area contributed by atoms with Gasteiger partial charge in [-0.2, -0.15) is 13.2 Å². The number of hydrogen-bond acceptors (Lipinski definition) is 3. The quantitative estimate of drug-likeness (QED) is 0.736. The summed E-state index contributed by atoms with van der Waals surface area (Å²) in [6, 6.07) is 1.28. The van der Waals surface area contributed by atoms with Crippen LogP contribution in [-0.2, 0) is 6.18 Å². The average Bonchev–Trinajstić information content (AvgIpc) is 2.49. The zero-order valence-corrected chi connectivity index (χ0v) is 12.2. The number of rotatable bonds is 0. The molecule has 122 valence electrons. The first-order chi connectivity index (χ1) is 10.6. The fourth-order valence-corrected chi connectivity index (χ4v) is 2.82. The van der Waals surface area contributed by atoms with Crippen LogP contribution in [0, 0.1) is 0 Å². The van der Waals surface area contributed by atoms with Crippen molar-refractivity contribution in [3.05, 3.63) is 29.3 Å². The summed E-state index contributed by atoms with van der Waals surface area (Å²) in [6.45, 7) is 0. The van der Waals surface area contributed by atoms with Gasteiger partial charge >= 0.3 is 18.2 Å². The molecular weight excluding hydrogens is 315 g/mol. The third kappa shape index (κ3) is 2.14. The molecule has 0 N–H and O–H groups in total. The van der Waals surface area contributed by atoms with E-state index in [0.717, 1.165) is 28.0 Å². The average molecular weight is 327 g/mol. The summed E-state index contributed by atoms with van der Waals surface area (Å²) in [5.41, 5.74) is -1.05. The summed E-state index contributed by atoms with van der Waals surface area (Å²) in [5.74, 6) is -0.410. The number of alkyl halides is 3. The second-order valence-electron chi connectivity index (χ2n) is 5.44. The molecule has 1 unspecified atom stereocenters. The van der Waals surface area contributed by atoms with Gasteiger partial charge in [0.2, 0.25) is 0 Å². The molecule has 1 saturated heterocycles. The third-order valence-corrected chi connectivity index (χ3v) is 4.08. The molecule has 1 aromatic carbocycles. The highest BCUT2D eigenvalue weighted by Crippen LogP contribution is 2.39. The second kappa shape index (κ2) is 4.71. The Hall–Kier alpha value is -2.58. The lowest BCUT2D eigenvalue weighted by Gasteiger charge is -2.47. The molecule has 0 spiro atoms. The molecule has 0 aliphatic carbocycles. The van der Waals surface area contributed by atoms with Gasteiger partial charge in [-0.25, -0.2) is 14.5 Å². The minimum Gasteiger partial charge on any atom is -0.306 e. The van der Waals surface area contributed by atoms with E-state index in [-0.39, 0.29) is 17.7 Å². The molecule has 9 heteroatoms. The first kappa shape index (κ1) is 15.3. The highest BCUT2D eigenvalue weighted by molar-refractivity contribution is 6.13. The van der Waals surface area contributed by atoms with Crippen molar-refractivity contribution in [2.75, 3.05) is 19.0 Å². The Morgan fingerprint density at radius 2 is 1.74 bits per heavy atom. The smallest absolute Gasteiger partial charge is 0.306 e. The lowest BCUT2D eigenvalue weighted by atomic mass is 9.95. The predicted octanol–water partition coefficient (Wildman–Crippen LogP) is 2.54. The highest BCUT2D eigenvalue weighted by atomic mass is 19.4. The van der Waals surface area contributed by atoms with Crippen LogP contribution in [0.4, 0.5) is 28.4 Å². The minimum absolute atomic E-state index is 0.0405. The first-order valence-electron chi connectivity index (χ1n) is 6.71. The zero-order chi connectivity index (χ0) is 17.1. The van der Waals surface area contributed by atoms with Gasteiger partial charge in [0, 0.05) is 19.7 Å². The van der Waals surface area contributed by atoms with E-state index < -0.39 is 35.8 Å². The Morgan fingerprint density at radius 1 is 1.09 bits per heavy atom. The van der Waals surface area contributed by atoms with Crippen LogP contribution >= 0.6 is 0 Å². The highest BCUT2D eigenvalue weighted by Gasteiger charge is 2.47. The normalized spacial score (nSPS) is 21.5. The maximum Gasteiger partial charge on any atom is 0.416 e. The van der Waals surface area contributed by atoms with Gasteiger partial charge < -0.3 is 4.90 Å². The van der Waals surface area contributed by atoms with Crippen molar-refractivity contribution in [2.45, 2.75) is 18.8 Å². The minimum atomic E-state index is -4.60. The van der Waals surface area contributed by atoms with Gasteiger partial charge in [0.15, 0.2) is 5.78 Å². The van der Waals surface area contributed by atoms with E-state index in [1.165, 1.54) is 19.0 Å². The van der Waals surface area contributed by atoms with E-state index in [4.69, 9.17) is 0 Å². The SMILES string of the molecule is CN1C(=O)N(C)C2CC(=O)c3ccc(C(F)(F)F)cc3N2C1=O. The summed E-state index contributed by atoms with van der Waals surface area (Å²) >= 11 is 0. The first-order valence-corrected chi connectivity index (χ1v) is 6.71. The number of nitrogens with zero attached hydrogens (tertiary/aromatic N) is 3. The van der Waals surface area contributed by atoms with Crippen molar-refractivity contribution in [1.82, 2.24) is 9.80 Å². The van der Waals surface area contributed by atoms with E-state index >= 15 is 0 Å². The molecule has 6 nitrogen and oxygen atoms in total. The van der Waals surface area contributed by atoms with Crippen molar-refractivity contribution in [3.8, 4) is 0 Å². The molecular formula is C14H12F3N3O3. The second-order valence-corrected chi connectivity index (χ2v) is 5.44. The number of anilines is 1. The van der Waals surface area contributed by atoms with Crippen molar-refractivity contribution in [1.29, 1.82) is 0 Å². The van der Waals surface area contributed by atoms with Gasteiger partial charge in [0.25, 0.3) is 0 Å². The van der Waals surface area contributed by atoms with Crippen molar-refractivity contribution >= 4 is 23.5 Å². The Bertz CT molecular complexity index is 732. The molecule has 3 rings (SSSR count). The topological polar surface area (TPSA) is 60.9 Å². The molecule has 2 aliphatic rings. The predicted molar refractivity (Wildman–Crippen MR) is 73.0 cm³/mol. The summed E-state index contributed by atoms with van der Waals surface area (Å²) in [4.78, 5) is 39.5. The molecule has 4 amide bonds. The van der Waals surface area contributed by atoms with Crippen molar-refractivity contribution in [2.24, 2.45) is 0 Å². The van der Waals surface area contributed by atoms with Gasteiger partial charge in [-0.05, 0) is 18.2 Å². The number of halogens is 3. The molecule has 2 heterocycles. The zero-order valence-electron chi connectivity index (χ0n) is 12.2. The lowest BCUT2D eigenvalue weighted by molar-refractivity contribution is -0.137. The van der Waals surface area contributed by atoms with E-state index in [9.17, 15) is 27.6 Å². The third-order valence-electron chi connectivity index (χ3n) is 4.08. The maximum atomic E-state index is 12.9. The Kier molecular flexibility index (Phi) is 3.13. The van der Waals surface area contributed by atoms with Crippen molar-refractivity contribution < 1.29 is 27.6 Å². The summed E-state index contributed by atoms with van der Waals surface area (Å²) in [6.07, 6.45) is -5.67. The van der Waals surface area contributed by atoms with Gasteiger partial charge in [-0.3, -0.25) is 9.69 Å². The van der Waals surface area contributed by atoms with E-state index in [0.29, 0.717) is 0 Å². The molecule has 1 atom stereocenters. The van der Waals surface area contributed by atoms with Crippen LogP contribution in [0.25, 0.3) is 0 Å². The lowest BCUT2D eigenvalue weighted by Crippen LogP contribution is -2.66. The van der Waals surface area contributed by atoms with Crippen LogP contribution in [0.15, 0.2) is 18.2 Å². The molecule has 2 aliphatic heterocycles. The summed E-state index contributed by atoms with van der Waals surface area (Å²) in [5, 5.41) is 0. The number of carbonyl (C=O) groups is 3. The molecule has 0 aromatic heterocycles. The van der Waals surface area contributed by atoms with E-state index in [1.807, 2.05) is 0 Å². The van der Waals surface area contributed by atoms with E-state index in [1.54, 1.807) is 0 Å². The fraction of sp³-hybridized carbons (Fsp3) is 0.357. The van der Waals surface area contributed by atoms with Crippen LogP contribution in [0.5, 0.6) is 0 Å². The number of amides is 4. The Morgan fingerprint density at radius 3 is 2.35 bits per heavy atom. The van der Waals surface area contributed by atoms with Gasteiger partial charge in [0.1, 0.15) is 6.17 Å². The van der Waals surface area contributed by atoms with Gasteiger partial charge in [-0.1, -0.05) is 0 Å². The molecule has 1 aromatic rings. The number of imide groups is 1. The van der Waals surface area contributed by atoms with Crippen LogP contribution in [0.1, 0.15) is 22.3 Å². The molecule has 0 radical (unpaired) electrons. The Balaban J connectivity index is 2.18. The fourth-order valence-electron chi connectivity index (χ4n) is 2.82. The molecule has 0 bridgehead atoms. The summed E-state index contributed by atoms with van der Waals surface area (Å²) in [7, 11) is 2.63. The number of urea groups is 2. The maximum absolute atomic E-state index is 12.9. The molecule has 0 saturated carbocycles. The molecule has 1 fully saturated rings. The number of carbonyl (C=O) groups excluding carboxylic acids is 3. The van der Waals surface area contributed by atoms with Crippen LogP contribution in [0.2, 0.25) is 0 Å². The Labute approximate surface area is 129 Å². The summed E-state index contributed by atoms with van der Waals surface area (Å²) < 4.78 is 38.8. The number of hydrogen-bond donors (Lipinski definition) is 0. The van der Waals surface area contributed by atoms with Crippen LogP contribution in [-0.4, -0.2) is 47.9 Å². The van der Waals surface area contributed by atoms with Crippen molar-refractivity contribution in [3.63, 3.8) is 0 Å². The standard InChI is InChI=1S/C14H12F3N3O3/c1-18-11-6-10(21)8-4-3-7(14(15,16)17)5-9(8)20(11)13(23)19(2)12(18)22/h3-5,11H,6H2,1-2H3. The van der Waals surface area contributed by atoms with Crippen LogP contribution in [0.3, 0.4) is 0 Å². The number of ketones is 1. The van der Waals surface area contributed by atoms with Crippen LogP contribution < -0.4 is 4.90 Å². The number of benzene rings is 1. The molecule has 23 heavy (non-hydrogen) atoms. The van der Waals surface area contributed by atoms with Gasteiger partial charge in [0.05, 0.1) is 17.7 Å². The number of Topliss-reactive ketones (excluding diaryl/α,β-unsaturated/α-hetero) is 1. The number of fused-ring (bicyclic) bond motifs is 3. The largest absolute Gasteiger partial charge is 0.416 e. The van der Waals surface area contributed by atoms with Gasteiger partial charge in [-0.15, -0.1) is 0 Å². The monoisotopic (exact) mass is 327 g/mol.